The highest BCUT2D eigenvalue weighted by atomic mass is 16.1. The average Bonchev–Trinajstić information content (AvgIpc) is 2.93. The van der Waals surface area contributed by atoms with E-state index in [1.54, 1.807) is 0 Å². The van der Waals surface area contributed by atoms with Gasteiger partial charge in [0.15, 0.2) is 0 Å². The van der Waals surface area contributed by atoms with Crippen molar-refractivity contribution in [2.24, 2.45) is 35.5 Å². The van der Waals surface area contributed by atoms with Crippen LogP contribution < -0.4 is 0 Å². The summed E-state index contributed by atoms with van der Waals surface area (Å²) in [5, 5.41) is 0. The predicted molar refractivity (Wildman–Crippen MR) is 75.4 cm³/mol. The minimum Gasteiger partial charge on any atom is -0.300 e. The third-order valence-electron chi connectivity index (χ3n) is 5.71. The fourth-order valence-electron chi connectivity index (χ4n) is 5.14. The van der Waals surface area contributed by atoms with Crippen molar-refractivity contribution in [1.29, 1.82) is 0 Å². The Morgan fingerprint density at radius 2 is 1.19 bits per heavy atom. The zero-order chi connectivity index (χ0) is 15.3. The van der Waals surface area contributed by atoms with E-state index in [2.05, 4.69) is 0 Å². The maximum absolute atomic E-state index is 12.6. The zero-order valence-corrected chi connectivity index (χ0v) is 12.6. The van der Waals surface area contributed by atoms with E-state index >= 15 is 0 Å². The number of hydrogen-bond acceptors (Lipinski definition) is 4. The van der Waals surface area contributed by atoms with E-state index in [9.17, 15) is 19.2 Å². The number of hydrogen-bond donors (Lipinski definition) is 0. The Kier molecular flexibility index (Phi) is 3.58. The van der Waals surface area contributed by atoms with Crippen molar-refractivity contribution in [2.45, 2.75) is 46.0 Å². The number of carbonyl (C=O) groups excluding carboxylic acids is 4. The van der Waals surface area contributed by atoms with Crippen LogP contribution in [0.25, 0.3) is 0 Å². The lowest BCUT2D eigenvalue weighted by Crippen LogP contribution is -2.28. The van der Waals surface area contributed by atoms with Gasteiger partial charge in [-0.1, -0.05) is 0 Å². The van der Waals surface area contributed by atoms with Crippen molar-refractivity contribution >= 4 is 23.1 Å². The maximum Gasteiger partial charge on any atom is 0.140 e. The fourth-order valence-corrected chi connectivity index (χ4v) is 5.14. The molecule has 114 valence electrons. The van der Waals surface area contributed by atoms with Crippen molar-refractivity contribution in [3.63, 3.8) is 0 Å². The molecule has 3 aliphatic carbocycles. The number of Topliss-reactive ketones (excluding diaryl/α,β-unsaturated/α-hetero) is 4. The quantitative estimate of drug-likeness (QED) is 0.794. The van der Waals surface area contributed by atoms with Gasteiger partial charge in [-0.15, -0.1) is 0 Å². The second kappa shape index (κ2) is 5.15. The summed E-state index contributed by atoms with van der Waals surface area (Å²) in [5.41, 5.74) is 0. The SMILES string of the molecule is CC(=O)CC1CC2CC3CC(CC(C)=O)C(=O)C3C2C1=O. The summed E-state index contributed by atoms with van der Waals surface area (Å²) in [7, 11) is 0. The molecule has 0 spiro atoms. The first kappa shape index (κ1) is 14.6. The average molecular weight is 290 g/mol. The van der Waals surface area contributed by atoms with Crippen LogP contribution in [0.3, 0.4) is 0 Å². The van der Waals surface area contributed by atoms with Gasteiger partial charge in [0, 0.05) is 36.5 Å². The van der Waals surface area contributed by atoms with Gasteiger partial charge in [-0.05, 0) is 44.9 Å². The standard InChI is InChI=1S/C17H22O4/c1-8(18)3-12-6-10-5-11-7-13(4-9(2)19)17(21)15(11)14(10)16(12)20/h10-15H,3-7H2,1-2H3. The lowest BCUT2D eigenvalue weighted by atomic mass is 9.85. The van der Waals surface area contributed by atoms with Crippen molar-refractivity contribution in [3.8, 4) is 0 Å². The molecule has 6 unspecified atom stereocenters. The molecular formula is C17H22O4. The molecule has 0 aliphatic heterocycles. The molecule has 3 fully saturated rings. The van der Waals surface area contributed by atoms with Gasteiger partial charge in [0.05, 0.1) is 0 Å². The van der Waals surface area contributed by atoms with Crippen LogP contribution in [-0.2, 0) is 19.2 Å². The molecule has 0 aromatic carbocycles. The number of rotatable bonds is 4. The van der Waals surface area contributed by atoms with E-state index in [0.29, 0.717) is 24.7 Å². The van der Waals surface area contributed by atoms with Crippen molar-refractivity contribution in [3.05, 3.63) is 0 Å². The Morgan fingerprint density at radius 3 is 1.52 bits per heavy atom. The van der Waals surface area contributed by atoms with Gasteiger partial charge in [-0.25, -0.2) is 0 Å². The van der Waals surface area contributed by atoms with Gasteiger partial charge in [0.25, 0.3) is 0 Å². The van der Waals surface area contributed by atoms with Crippen LogP contribution in [0, 0.1) is 35.5 Å². The van der Waals surface area contributed by atoms with Gasteiger partial charge >= 0.3 is 0 Å². The van der Waals surface area contributed by atoms with Gasteiger partial charge in [0.1, 0.15) is 23.1 Å². The number of carbonyl (C=O) groups is 4. The van der Waals surface area contributed by atoms with Crippen LogP contribution in [0.5, 0.6) is 0 Å². The minimum atomic E-state index is -0.168. The first-order valence-corrected chi connectivity index (χ1v) is 7.94. The smallest absolute Gasteiger partial charge is 0.140 e. The van der Waals surface area contributed by atoms with Gasteiger partial charge in [-0.3, -0.25) is 9.59 Å². The van der Waals surface area contributed by atoms with E-state index in [0.717, 1.165) is 19.3 Å². The second-order valence-electron chi connectivity index (χ2n) is 7.29. The van der Waals surface area contributed by atoms with Crippen LogP contribution in [0.1, 0.15) is 46.0 Å². The maximum atomic E-state index is 12.6. The molecule has 21 heavy (non-hydrogen) atoms. The molecule has 4 nitrogen and oxygen atoms in total. The highest BCUT2D eigenvalue weighted by Crippen LogP contribution is 2.57. The zero-order valence-electron chi connectivity index (χ0n) is 12.6. The summed E-state index contributed by atoms with van der Waals surface area (Å²) in [4.78, 5) is 47.7. The molecule has 0 radical (unpaired) electrons. The summed E-state index contributed by atoms with van der Waals surface area (Å²) >= 11 is 0. The molecule has 0 N–H and O–H groups in total. The van der Waals surface area contributed by atoms with Crippen molar-refractivity contribution in [2.75, 3.05) is 0 Å². The van der Waals surface area contributed by atoms with E-state index in [1.165, 1.54) is 13.8 Å². The van der Waals surface area contributed by atoms with E-state index in [4.69, 9.17) is 0 Å². The Morgan fingerprint density at radius 1 is 0.810 bits per heavy atom. The van der Waals surface area contributed by atoms with E-state index < -0.39 is 0 Å². The molecule has 4 heteroatoms. The van der Waals surface area contributed by atoms with Crippen LogP contribution in [-0.4, -0.2) is 23.1 Å². The Labute approximate surface area is 124 Å². The van der Waals surface area contributed by atoms with Crippen LogP contribution in [0.2, 0.25) is 0 Å². The largest absolute Gasteiger partial charge is 0.300 e. The monoisotopic (exact) mass is 290 g/mol. The van der Waals surface area contributed by atoms with Crippen molar-refractivity contribution < 1.29 is 19.2 Å². The summed E-state index contributed by atoms with van der Waals surface area (Å²) in [6.07, 6.45) is 3.14. The second-order valence-corrected chi connectivity index (χ2v) is 7.29. The molecule has 0 heterocycles. The number of fused-ring (bicyclic) bond motifs is 3. The summed E-state index contributed by atoms with van der Waals surface area (Å²) < 4.78 is 0. The molecule has 6 atom stereocenters. The van der Waals surface area contributed by atoms with E-state index in [-0.39, 0.29) is 46.8 Å². The molecule has 0 amide bonds. The van der Waals surface area contributed by atoms with Crippen LogP contribution in [0.4, 0.5) is 0 Å². The lowest BCUT2D eigenvalue weighted by molar-refractivity contribution is -0.134. The van der Waals surface area contributed by atoms with Gasteiger partial charge in [0.2, 0.25) is 0 Å². The lowest BCUT2D eigenvalue weighted by Gasteiger charge is -2.16. The predicted octanol–water partition coefficient (Wildman–Crippen LogP) is 1.99. The van der Waals surface area contributed by atoms with Gasteiger partial charge < -0.3 is 9.59 Å². The highest BCUT2D eigenvalue weighted by molar-refractivity contribution is 5.98. The van der Waals surface area contributed by atoms with Crippen LogP contribution >= 0.6 is 0 Å². The molecular weight excluding hydrogens is 268 g/mol. The molecule has 0 saturated heterocycles. The van der Waals surface area contributed by atoms with Crippen molar-refractivity contribution in [1.82, 2.24) is 0 Å². The Balaban J connectivity index is 1.75. The molecule has 3 rings (SSSR count). The van der Waals surface area contributed by atoms with Gasteiger partial charge in [-0.2, -0.15) is 0 Å². The summed E-state index contributed by atoms with van der Waals surface area (Å²) in [5.74, 6) is 0.301. The molecule has 3 aliphatic rings. The Hall–Kier alpha value is -1.32. The molecule has 0 bridgehead atoms. The molecule has 0 aromatic rings. The molecule has 3 saturated carbocycles. The third-order valence-corrected chi connectivity index (χ3v) is 5.71. The summed E-state index contributed by atoms with van der Waals surface area (Å²) in [6, 6.07) is 0. The topological polar surface area (TPSA) is 68.3 Å². The minimum absolute atomic E-state index is 0.0529. The van der Waals surface area contributed by atoms with E-state index in [1.807, 2.05) is 0 Å². The fraction of sp³-hybridized carbons (Fsp3) is 0.765. The van der Waals surface area contributed by atoms with Crippen LogP contribution in [0.15, 0.2) is 0 Å². The summed E-state index contributed by atoms with van der Waals surface area (Å²) in [6.45, 7) is 3.04. The molecule has 0 aromatic heterocycles. The number of ketones is 4. The Bertz CT molecular complexity index is 475. The third kappa shape index (κ3) is 2.39. The first-order valence-electron chi connectivity index (χ1n) is 7.94. The highest BCUT2D eigenvalue weighted by Gasteiger charge is 2.59. The normalized spacial score (nSPS) is 41.2. The first-order chi connectivity index (χ1) is 9.88.